The van der Waals surface area contributed by atoms with Gasteiger partial charge in [0.05, 0.1) is 12.2 Å². The van der Waals surface area contributed by atoms with E-state index in [1.807, 2.05) is 6.92 Å². The molecule has 0 bridgehead atoms. The average Bonchev–Trinajstić information content (AvgIpc) is 2.28. The van der Waals surface area contributed by atoms with E-state index in [0.717, 1.165) is 10.9 Å². The Bertz CT molecular complexity index is 344. The number of ether oxygens (including phenoxy) is 2. The van der Waals surface area contributed by atoms with Crippen molar-refractivity contribution in [3.05, 3.63) is 28.5 Å². The third kappa shape index (κ3) is 4.72. The molecule has 0 radical (unpaired) electrons. The van der Waals surface area contributed by atoms with E-state index in [1.165, 1.54) is 6.20 Å². The zero-order valence-corrected chi connectivity index (χ0v) is 10.7. The van der Waals surface area contributed by atoms with Crippen LogP contribution in [-0.2, 0) is 9.47 Å². The number of hydrogen-bond donors (Lipinski definition) is 0. The third-order valence-corrected chi connectivity index (χ3v) is 2.18. The van der Waals surface area contributed by atoms with Gasteiger partial charge in [-0.15, -0.1) is 0 Å². The Morgan fingerprint density at radius 2 is 2.19 bits per heavy atom. The molecule has 0 aromatic carbocycles. The first-order valence-corrected chi connectivity index (χ1v) is 5.88. The number of nitrogens with zero attached hydrogens (tertiary/aromatic N) is 1. The Hall–Kier alpha value is -0.940. The Morgan fingerprint density at radius 1 is 1.38 bits per heavy atom. The van der Waals surface area contributed by atoms with Gasteiger partial charge in [-0.25, -0.2) is 4.79 Å². The summed E-state index contributed by atoms with van der Waals surface area (Å²) in [5.74, 6) is -0.381. The van der Waals surface area contributed by atoms with Crippen molar-refractivity contribution >= 4 is 21.9 Å². The normalized spacial score (nSPS) is 10.1. The molecule has 0 atom stereocenters. The van der Waals surface area contributed by atoms with Crippen LogP contribution in [0.3, 0.4) is 0 Å². The van der Waals surface area contributed by atoms with E-state index in [-0.39, 0.29) is 12.6 Å². The largest absolute Gasteiger partial charge is 0.460 e. The van der Waals surface area contributed by atoms with Crippen molar-refractivity contribution in [1.82, 2.24) is 4.98 Å². The van der Waals surface area contributed by atoms with Gasteiger partial charge in [-0.2, -0.15) is 0 Å². The summed E-state index contributed by atoms with van der Waals surface area (Å²) in [7, 11) is 0. The minimum absolute atomic E-state index is 0.269. The molecule has 88 valence electrons. The molecule has 0 N–H and O–H groups in total. The third-order valence-electron chi connectivity index (χ3n) is 1.75. The summed E-state index contributed by atoms with van der Waals surface area (Å²) >= 11 is 3.24. The summed E-state index contributed by atoms with van der Waals surface area (Å²) in [6, 6.07) is 1.67. The number of pyridine rings is 1. The molecule has 5 heteroatoms. The molecule has 0 unspecified atom stereocenters. The van der Waals surface area contributed by atoms with Crippen molar-refractivity contribution in [2.24, 2.45) is 0 Å². The van der Waals surface area contributed by atoms with Gasteiger partial charge in [-0.05, 0) is 28.4 Å². The zero-order chi connectivity index (χ0) is 11.8. The summed E-state index contributed by atoms with van der Waals surface area (Å²) in [5, 5.41) is 0. The molecule has 16 heavy (non-hydrogen) atoms. The van der Waals surface area contributed by atoms with Crippen LogP contribution in [-0.4, -0.2) is 30.8 Å². The van der Waals surface area contributed by atoms with Gasteiger partial charge in [0.25, 0.3) is 0 Å². The molecule has 0 saturated carbocycles. The monoisotopic (exact) mass is 287 g/mol. The van der Waals surface area contributed by atoms with Gasteiger partial charge in [-0.1, -0.05) is 6.92 Å². The zero-order valence-electron chi connectivity index (χ0n) is 9.11. The minimum atomic E-state index is -0.381. The molecule has 0 amide bonds. The summed E-state index contributed by atoms with van der Waals surface area (Å²) in [6.07, 6.45) is 4.05. The molecule has 1 heterocycles. The molecule has 0 aliphatic carbocycles. The highest BCUT2D eigenvalue weighted by molar-refractivity contribution is 9.10. The summed E-state index contributed by atoms with van der Waals surface area (Å²) < 4.78 is 10.9. The van der Waals surface area contributed by atoms with Crippen molar-refractivity contribution in [2.45, 2.75) is 13.3 Å². The van der Waals surface area contributed by atoms with Gasteiger partial charge in [0.15, 0.2) is 0 Å². The fourth-order valence-corrected chi connectivity index (χ4v) is 1.41. The minimum Gasteiger partial charge on any atom is -0.460 e. The predicted octanol–water partition coefficient (Wildman–Crippen LogP) is 2.43. The summed E-state index contributed by atoms with van der Waals surface area (Å²) in [5.41, 5.74) is 0.435. The molecule has 0 fully saturated rings. The van der Waals surface area contributed by atoms with Crippen molar-refractivity contribution in [3.8, 4) is 0 Å². The van der Waals surface area contributed by atoms with Crippen LogP contribution in [0.2, 0.25) is 0 Å². The van der Waals surface area contributed by atoms with Gasteiger partial charge in [0.1, 0.15) is 6.61 Å². The molecule has 0 spiro atoms. The van der Waals surface area contributed by atoms with Crippen molar-refractivity contribution in [1.29, 1.82) is 0 Å². The van der Waals surface area contributed by atoms with E-state index in [9.17, 15) is 4.79 Å². The molecule has 0 aliphatic rings. The van der Waals surface area contributed by atoms with Crippen molar-refractivity contribution in [2.75, 3.05) is 19.8 Å². The van der Waals surface area contributed by atoms with Crippen LogP contribution >= 0.6 is 15.9 Å². The maximum atomic E-state index is 11.5. The van der Waals surface area contributed by atoms with Gasteiger partial charge in [0.2, 0.25) is 0 Å². The molecule has 0 aliphatic heterocycles. The second-order valence-corrected chi connectivity index (χ2v) is 4.06. The maximum Gasteiger partial charge on any atom is 0.339 e. The summed E-state index contributed by atoms with van der Waals surface area (Å²) in [4.78, 5) is 15.4. The van der Waals surface area contributed by atoms with Crippen LogP contribution in [0, 0.1) is 0 Å². The van der Waals surface area contributed by atoms with Gasteiger partial charge in [-0.3, -0.25) is 4.98 Å². The second kappa shape index (κ2) is 7.35. The topological polar surface area (TPSA) is 48.4 Å². The molecule has 4 nitrogen and oxygen atoms in total. The Kier molecular flexibility index (Phi) is 6.03. The highest BCUT2D eigenvalue weighted by Crippen LogP contribution is 2.10. The van der Waals surface area contributed by atoms with E-state index in [1.54, 1.807) is 12.3 Å². The van der Waals surface area contributed by atoms with Gasteiger partial charge in [0, 0.05) is 23.5 Å². The van der Waals surface area contributed by atoms with Crippen LogP contribution in [0.5, 0.6) is 0 Å². The number of aromatic nitrogens is 1. The standard InChI is InChI=1S/C11H14BrNO3/c1-2-3-15-4-5-16-11(14)9-6-10(12)8-13-7-9/h6-8H,2-5H2,1H3. The van der Waals surface area contributed by atoms with Crippen LogP contribution in [0.4, 0.5) is 0 Å². The smallest absolute Gasteiger partial charge is 0.339 e. The van der Waals surface area contributed by atoms with Gasteiger partial charge >= 0.3 is 5.97 Å². The van der Waals surface area contributed by atoms with Crippen LogP contribution in [0.15, 0.2) is 22.9 Å². The number of esters is 1. The molecular weight excluding hydrogens is 274 g/mol. The fraction of sp³-hybridized carbons (Fsp3) is 0.455. The highest BCUT2D eigenvalue weighted by atomic mass is 79.9. The van der Waals surface area contributed by atoms with Crippen LogP contribution < -0.4 is 0 Å². The fourth-order valence-electron chi connectivity index (χ4n) is 1.05. The highest BCUT2D eigenvalue weighted by Gasteiger charge is 2.07. The molecular formula is C11H14BrNO3. The second-order valence-electron chi connectivity index (χ2n) is 3.14. The first-order valence-electron chi connectivity index (χ1n) is 5.09. The summed E-state index contributed by atoms with van der Waals surface area (Å²) in [6.45, 7) is 3.42. The Labute approximate surface area is 103 Å². The molecule has 1 aromatic rings. The Balaban J connectivity index is 2.30. The van der Waals surface area contributed by atoms with Crippen molar-refractivity contribution in [3.63, 3.8) is 0 Å². The van der Waals surface area contributed by atoms with E-state index in [0.29, 0.717) is 18.8 Å². The number of hydrogen-bond acceptors (Lipinski definition) is 4. The maximum absolute atomic E-state index is 11.5. The predicted molar refractivity (Wildman–Crippen MR) is 63.3 cm³/mol. The van der Waals surface area contributed by atoms with Crippen LogP contribution in [0.25, 0.3) is 0 Å². The van der Waals surface area contributed by atoms with E-state index >= 15 is 0 Å². The van der Waals surface area contributed by atoms with E-state index in [2.05, 4.69) is 20.9 Å². The van der Waals surface area contributed by atoms with E-state index < -0.39 is 0 Å². The lowest BCUT2D eigenvalue weighted by Crippen LogP contribution is -2.11. The molecule has 1 aromatic heterocycles. The number of carbonyl (C=O) groups excluding carboxylic acids is 1. The first-order chi connectivity index (χ1) is 7.74. The first kappa shape index (κ1) is 13.1. The van der Waals surface area contributed by atoms with E-state index in [4.69, 9.17) is 9.47 Å². The lowest BCUT2D eigenvalue weighted by Gasteiger charge is -2.05. The average molecular weight is 288 g/mol. The lowest BCUT2D eigenvalue weighted by atomic mass is 10.3. The van der Waals surface area contributed by atoms with Crippen LogP contribution in [0.1, 0.15) is 23.7 Å². The molecule has 0 saturated heterocycles. The SMILES string of the molecule is CCCOCCOC(=O)c1cncc(Br)c1. The number of rotatable bonds is 6. The Morgan fingerprint density at radius 3 is 2.88 bits per heavy atom. The quantitative estimate of drug-likeness (QED) is 0.596. The number of halogens is 1. The lowest BCUT2D eigenvalue weighted by molar-refractivity contribution is 0.0318. The van der Waals surface area contributed by atoms with Crippen molar-refractivity contribution < 1.29 is 14.3 Å². The van der Waals surface area contributed by atoms with Gasteiger partial charge < -0.3 is 9.47 Å². The molecule has 1 rings (SSSR count). The number of carbonyl (C=O) groups is 1.